The van der Waals surface area contributed by atoms with E-state index in [1.54, 1.807) is 13.8 Å². The Morgan fingerprint density at radius 1 is 1.17 bits per heavy atom. The molecule has 1 aromatic rings. The van der Waals surface area contributed by atoms with Gasteiger partial charge in [0.1, 0.15) is 0 Å². The minimum absolute atomic E-state index is 0.0585. The lowest BCUT2D eigenvalue weighted by molar-refractivity contribution is -0.00546. The quantitative estimate of drug-likeness (QED) is 0.858. The molecule has 0 amide bonds. The summed E-state index contributed by atoms with van der Waals surface area (Å²) in [6.07, 6.45) is 1.94. The summed E-state index contributed by atoms with van der Waals surface area (Å²) in [6, 6.07) is 0. The van der Waals surface area contributed by atoms with Crippen LogP contribution in [0.2, 0.25) is 0 Å². The molecule has 0 aromatic carbocycles. The smallest absolute Gasteiger partial charge is 0.0965 e. The molecule has 5 heteroatoms. The molecule has 1 heterocycles. The van der Waals surface area contributed by atoms with E-state index in [1.165, 1.54) is 0 Å². The van der Waals surface area contributed by atoms with Gasteiger partial charge in [-0.2, -0.15) is 0 Å². The van der Waals surface area contributed by atoms with Crippen LogP contribution in [0.15, 0.2) is 6.20 Å². The van der Waals surface area contributed by atoms with E-state index in [2.05, 4.69) is 36.4 Å². The van der Waals surface area contributed by atoms with Crippen molar-refractivity contribution in [2.75, 3.05) is 0 Å². The highest BCUT2D eigenvalue weighted by Crippen LogP contribution is 2.21. The Bertz CT molecular complexity index is 396. The first-order chi connectivity index (χ1) is 7.93. The fourth-order valence-electron chi connectivity index (χ4n) is 1.24. The van der Waals surface area contributed by atoms with Gasteiger partial charge in [0.25, 0.3) is 0 Å². The SMILES string of the molecule is CC(C)(C)n1cc(CNC(C)(C)C(C)(C)O)nn1. The molecule has 0 fully saturated rings. The van der Waals surface area contributed by atoms with E-state index in [4.69, 9.17) is 0 Å². The van der Waals surface area contributed by atoms with E-state index < -0.39 is 11.1 Å². The first-order valence-electron chi connectivity index (χ1n) is 6.32. The number of nitrogens with zero attached hydrogens (tertiary/aromatic N) is 3. The van der Waals surface area contributed by atoms with Crippen LogP contribution in [0.5, 0.6) is 0 Å². The zero-order chi connectivity index (χ0) is 14.2. The third-order valence-electron chi connectivity index (χ3n) is 3.47. The number of hydrogen-bond donors (Lipinski definition) is 2. The number of nitrogens with one attached hydrogen (secondary N) is 1. The molecule has 1 aromatic heterocycles. The van der Waals surface area contributed by atoms with Crippen LogP contribution in [0.4, 0.5) is 0 Å². The van der Waals surface area contributed by atoms with Crippen LogP contribution in [-0.4, -0.2) is 31.2 Å². The van der Waals surface area contributed by atoms with Crippen LogP contribution < -0.4 is 5.32 Å². The fourth-order valence-corrected chi connectivity index (χ4v) is 1.24. The molecule has 0 aliphatic rings. The summed E-state index contributed by atoms with van der Waals surface area (Å²) in [5.74, 6) is 0. The van der Waals surface area contributed by atoms with E-state index in [0.717, 1.165) is 5.69 Å². The van der Waals surface area contributed by atoms with Crippen molar-refractivity contribution in [1.82, 2.24) is 20.3 Å². The van der Waals surface area contributed by atoms with E-state index >= 15 is 0 Å². The van der Waals surface area contributed by atoms with Gasteiger partial charge in [-0.3, -0.25) is 0 Å². The fraction of sp³-hybridized carbons (Fsp3) is 0.846. The Morgan fingerprint density at radius 2 is 1.72 bits per heavy atom. The summed E-state index contributed by atoms with van der Waals surface area (Å²) in [6.45, 7) is 14.4. The molecule has 104 valence electrons. The van der Waals surface area contributed by atoms with Crippen molar-refractivity contribution in [3.05, 3.63) is 11.9 Å². The van der Waals surface area contributed by atoms with Crippen LogP contribution in [0.1, 0.15) is 54.2 Å². The molecule has 0 saturated carbocycles. The van der Waals surface area contributed by atoms with Crippen molar-refractivity contribution < 1.29 is 5.11 Å². The van der Waals surface area contributed by atoms with Gasteiger partial charge >= 0.3 is 0 Å². The summed E-state index contributed by atoms with van der Waals surface area (Å²) < 4.78 is 1.85. The van der Waals surface area contributed by atoms with Gasteiger partial charge in [0.05, 0.1) is 23.0 Å². The molecule has 0 aliphatic carbocycles. The molecule has 1 rings (SSSR count). The highest BCUT2D eigenvalue weighted by Gasteiger charge is 2.34. The van der Waals surface area contributed by atoms with Crippen molar-refractivity contribution in [3.8, 4) is 0 Å². The second-order valence-electron chi connectivity index (χ2n) is 6.86. The van der Waals surface area contributed by atoms with Crippen LogP contribution in [0.3, 0.4) is 0 Å². The second kappa shape index (κ2) is 4.63. The molecule has 0 radical (unpaired) electrons. The van der Waals surface area contributed by atoms with Gasteiger partial charge in [0.2, 0.25) is 0 Å². The Morgan fingerprint density at radius 3 is 2.11 bits per heavy atom. The zero-order valence-electron chi connectivity index (χ0n) is 12.6. The lowest BCUT2D eigenvalue weighted by Crippen LogP contribution is -2.55. The normalized spacial score (nSPS) is 14.0. The van der Waals surface area contributed by atoms with Crippen LogP contribution in [-0.2, 0) is 12.1 Å². The minimum Gasteiger partial charge on any atom is -0.389 e. The van der Waals surface area contributed by atoms with Crippen molar-refractivity contribution in [3.63, 3.8) is 0 Å². The van der Waals surface area contributed by atoms with Gasteiger partial charge in [-0.25, -0.2) is 4.68 Å². The highest BCUT2D eigenvalue weighted by atomic mass is 16.3. The predicted octanol–water partition coefficient (Wildman–Crippen LogP) is 1.67. The van der Waals surface area contributed by atoms with Gasteiger partial charge in [-0.1, -0.05) is 5.21 Å². The predicted molar refractivity (Wildman–Crippen MR) is 72.2 cm³/mol. The lowest BCUT2D eigenvalue weighted by Gasteiger charge is -2.38. The summed E-state index contributed by atoms with van der Waals surface area (Å²) in [5, 5.41) is 21.6. The van der Waals surface area contributed by atoms with Gasteiger partial charge in [0.15, 0.2) is 0 Å². The van der Waals surface area contributed by atoms with E-state index in [-0.39, 0.29) is 5.54 Å². The Labute approximate surface area is 110 Å². The summed E-state index contributed by atoms with van der Waals surface area (Å²) in [7, 11) is 0. The van der Waals surface area contributed by atoms with Crippen LogP contribution in [0.25, 0.3) is 0 Å². The third-order valence-corrected chi connectivity index (χ3v) is 3.47. The lowest BCUT2D eigenvalue weighted by atomic mass is 9.86. The second-order valence-corrected chi connectivity index (χ2v) is 6.86. The Balaban J connectivity index is 2.68. The molecular weight excluding hydrogens is 228 g/mol. The average molecular weight is 254 g/mol. The number of rotatable bonds is 4. The maximum Gasteiger partial charge on any atom is 0.0965 e. The molecule has 0 spiro atoms. The van der Waals surface area contributed by atoms with E-state index in [1.807, 2.05) is 24.7 Å². The first-order valence-corrected chi connectivity index (χ1v) is 6.32. The van der Waals surface area contributed by atoms with Crippen molar-refractivity contribution in [2.45, 2.75) is 71.7 Å². The molecule has 0 bridgehead atoms. The standard InChI is InChI=1S/C13H26N4O/c1-11(2,3)17-9-10(15-16-17)8-14-12(4,5)13(6,7)18/h9,14,18H,8H2,1-7H3. The number of aromatic nitrogens is 3. The average Bonchev–Trinajstić information content (AvgIpc) is 2.60. The number of hydrogen-bond acceptors (Lipinski definition) is 4. The minimum atomic E-state index is -0.799. The largest absolute Gasteiger partial charge is 0.389 e. The van der Waals surface area contributed by atoms with Crippen LogP contribution in [0, 0.1) is 0 Å². The van der Waals surface area contributed by atoms with Crippen molar-refractivity contribution in [2.24, 2.45) is 0 Å². The summed E-state index contributed by atoms with van der Waals surface area (Å²) in [5.41, 5.74) is -0.370. The summed E-state index contributed by atoms with van der Waals surface area (Å²) >= 11 is 0. The molecule has 5 nitrogen and oxygen atoms in total. The molecule has 0 unspecified atom stereocenters. The first kappa shape index (κ1) is 15.1. The molecule has 2 N–H and O–H groups in total. The molecule has 0 atom stereocenters. The van der Waals surface area contributed by atoms with Gasteiger partial charge in [-0.05, 0) is 48.5 Å². The summed E-state index contributed by atoms with van der Waals surface area (Å²) in [4.78, 5) is 0. The van der Waals surface area contributed by atoms with Gasteiger partial charge in [0, 0.05) is 12.1 Å². The van der Waals surface area contributed by atoms with Crippen molar-refractivity contribution in [1.29, 1.82) is 0 Å². The molecule has 0 saturated heterocycles. The van der Waals surface area contributed by atoms with E-state index in [0.29, 0.717) is 6.54 Å². The number of aliphatic hydroxyl groups is 1. The third kappa shape index (κ3) is 3.53. The topological polar surface area (TPSA) is 63.0 Å². The van der Waals surface area contributed by atoms with Crippen LogP contribution >= 0.6 is 0 Å². The maximum atomic E-state index is 10.1. The van der Waals surface area contributed by atoms with E-state index in [9.17, 15) is 5.11 Å². The Kier molecular flexibility index (Phi) is 3.89. The molecule has 0 aliphatic heterocycles. The molecule has 18 heavy (non-hydrogen) atoms. The monoisotopic (exact) mass is 254 g/mol. The maximum absolute atomic E-state index is 10.1. The molecular formula is C13H26N4O. The van der Waals surface area contributed by atoms with Crippen molar-refractivity contribution >= 4 is 0 Å². The zero-order valence-corrected chi connectivity index (χ0v) is 12.6. The Hall–Kier alpha value is -0.940. The van der Waals surface area contributed by atoms with Gasteiger partial charge in [-0.15, -0.1) is 5.10 Å². The highest BCUT2D eigenvalue weighted by molar-refractivity contribution is 4.99. The van der Waals surface area contributed by atoms with Gasteiger partial charge < -0.3 is 10.4 Å².